The van der Waals surface area contributed by atoms with Crippen LogP contribution >= 0.6 is 0 Å². The Labute approximate surface area is 205 Å². The van der Waals surface area contributed by atoms with E-state index in [2.05, 4.69) is 5.32 Å². The maximum atomic E-state index is 12.8. The van der Waals surface area contributed by atoms with E-state index in [9.17, 15) is 13.2 Å². The second kappa shape index (κ2) is 11.1. The van der Waals surface area contributed by atoms with Crippen molar-refractivity contribution in [1.29, 1.82) is 5.41 Å². The molecule has 0 bridgehead atoms. The van der Waals surface area contributed by atoms with Crippen LogP contribution in [0.4, 0.5) is 11.4 Å². The third-order valence-corrected chi connectivity index (χ3v) is 6.17. The molecule has 0 saturated carbocycles. The molecule has 3 rings (SSSR count). The molecule has 0 unspecified atom stereocenters. The number of sulfonamides is 1. The summed E-state index contributed by atoms with van der Waals surface area (Å²) in [5, 5.41) is 25.0. The van der Waals surface area contributed by atoms with Crippen molar-refractivity contribution in [3.05, 3.63) is 78.4 Å². The summed E-state index contributed by atoms with van der Waals surface area (Å²) in [7, 11) is -3.88. The van der Waals surface area contributed by atoms with Crippen molar-refractivity contribution in [2.75, 3.05) is 23.3 Å². The largest absolute Gasteiger partial charge is 0.362 e. The molecule has 3 aromatic carbocycles. The lowest BCUT2D eigenvalue weighted by Gasteiger charge is -2.26. The molecule has 0 saturated heterocycles. The molecular formula is C25H29N5O4S. The summed E-state index contributed by atoms with van der Waals surface area (Å²) in [4.78, 5) is 14.8. The van der Waals surface area contributed by atoms with Gasteiger partial charge in [0.05, 0.1) is 11.4 Å². The molecule has 0 spiro atoms. The first-order chi connectivity index (χ1) is 16.6. The van der Waals surface area contributed by atoms with Gasteiger partial charge in [-0.15, -0.1) is 0 Å². The average molecular weight is 496 g/mol. The number of amidine groups is 1. The van der Waals surface area contributed by atoms with Crippen LogP contribution in [0.2, 0.25) is 0 Å². The molecule has 0 atom stereocenters. The second-order valence-electron chi connectivity index (χ2n) is 8.48. The van der Waals surface area contributed by atoms with Gasteiger partial charge in [-0.05, 0) is 41.8 Å². The monoisotopic (exact) mass is 495 g/mol. The van der Waals surface area contributed by atoms with Crippen molar-refractivity contribution in [3.8, 4) is 11.1 Å². The highest BCUT2D eigenvalue weighted by Gasteiger charge is 2.16. The minimum atomic E-state index is -3.88. The fourth-order valence-electron chi connectivity index (χ4n) is 3.68. The van der Waals surface area contributed by atoms with Gasteiger partial charge in [-0.1, -0.05) is 56.3 Å². The van der Waals surface area contributed by atoms with E-state index < -0.39 is 10.0 Å². The Morgan fingerprint density at radius 1 is 1.06 bits per heavy atom. The highest BCUT2D eigenvalue weighted by Crippen LogP contribution is 2.27. The number of hydrogen-bond donors (Lipinski definition) is 5. The van der Waals surface area contributed by atoms with E-state index in [0.717, 1.165) is 5.69 Å². The van der Waals surface area contributed by atoms with E-state index in [-0.39, 0.29) is 29.1 Å². The van der Waals surface area contributed by atoms with Crippen molar-refractivity contribution in [2.24, 2.45) is 11.1 Å². The van der Waals surface area contributed by atoms with Crippen LogP contribution in [-0.2, 0) is 14.8 Å². The molecule has 6 N–H and O–H groups in total. The molecule has 0 aliphatic carbocycles. The van der Waals surface area contributed by atoms with Gasteiger partial charge in [0.25, 0.3) is 0 Å². The summed E-state index contributed by atoms with van der Waals surface area (Å²) < 4.78 is 23.8. The van der Waals surface area contributed by atoms with Crippen molar-refractivity contribution < 1.29 is 18.4 Å². The number of rotatable bonds is 9. The van der Waals surface area contributed by atoms with E-state index in [1.54, 1.807) is 60.7 Å². The number of amides is 1. The summed E-state index contributed by atoms with van der Waals surface area (Å²) >= 11 is 0. The zero-order valence-electron chi connectivity index (χ0n) is 19.5. The van der Waals surface area contributed by atoms with Gasteiger partial charge in [0.2, 0.25) is 15.9 Å². The molecular weight excluding hydrogens is 466 g/mol. The van der Waals surface area contributed by atoms with E-state index >= 15 is 0 Å². The molecule has 0 fully saturated rings. The van der Waals surface area contributed by atoms with Gasteiger partial charge >= 0.3 is 0 Å². The van der Waals surface area contributed by atoms with Crippen LogP contribution in [-0.4, -0.2) is 38.5 Å². The summed E-state index contributed by atoms with van der Waals surface area (Å²) in [5.41, 5.74) is 4.79. The Balaban J connectivity index is 1.76. The van der Waals surface area contributed by atoms with E-state index in [4.69, 9.17) is 15.8 Å². The third-order valence-electron chi connectivity index (χ3n) is 5.21. The van der Waals surface area contributed by atoms with Crippen molar-refractivity contribution in [1.82, 2.24) is 5.48 Å². The summed E-state index contributed by atoms with van der Waals surface area (Å²) in [6, 6.07) is 20.4. The summed E-state index contributed by atoms with van der Waals surface area (Å²) in [6.45, 7) is 4.78. The molecule has 184 valence electrons. The average Bonchev–Trinajstić information content (AvgIpc) is 2.83. The second-order valence-corrected chi connectivity index (χ2v) is 10.0. The van der Waals surface area contributed by atoms with E-state index in [1.165, 1.54) is 6.07 Å². The number of carbonyl (C=O) groups excluding carboxylic acids is 1. The predicted molar refractivity (Wildman–Crippen MR) is 137 cm³/mol. The number of nitrogens with two attached hydrogens (primary N) is 1. The van der Waals surface area contributed by atoms with E-state index in [1.807, 2.05) is 30.3 Å². The normalized spacial score (nSPS) is 11.2. The number of nitrogens with one attached hydrogen (secondary N) is 3. The molecule has 10 heteroatoms. The molecule has 0 aromatic heterocycles. The van der Waals surface area contributed by atoms with Gasteiger partial charge < -0.3 is 10.2 Å². The SMILES string of the molecule is CC(C)CN(CC(=O)Nc1ccc(-c2ccccc2S(N)(=O)=O)cc1)c1cccc(C(=N)NO)c1. The fraction of sp³-hybridized carbons (Fsp3) is 0.200. The third kappa shape index (κ3) is 6.89. The molecule has 0 radical (unpaired) electrons. The zero-order valence-corrected chi connectivity index (χ0v) is 20.3. The zero-order chi connectivity index (χ0) is 25.6. The smallest absolute Gasteiger partial charge is 0.243 e. The Bertz CT molecular complexity index is 1310. The Kier molecular flexibility index (Phi) is 8.23. The molecule has 0 aliphatic heterocycles. The van der Waals surface area contributed by atoms with Crippen LogP contribution in [0, 0.1) is 11.3 Å². The lowest BCUT2D eigenvalue weighted by Crippen LogP contribution is -2.36. The molecule has 9 nitrogen and oxygen atoms in total. The minimum Gasteiger partial charge on any atom is -0.362 e. The number of nitrogens with zero attached hydrogens (tertiary/aromatic N) is 1. The van der Waals surface area contributed by atoms with Gasteiger partial charge in [0.1, 0.15) is 5.84 Å². The predicted octanol–water partition coefficient (Wildman–Crippen LogP) is 3.41. The van der Waals surface area contributed by atoms with E-state index in [0.29, 0.717) is 28.9 Å². The number of hydrogen-bond acceptors (Lipinski definition) is 6. The Morgan fingerprint density at radius 3 is 2.37 bits per heavy atom. The standard InChI is InChI=1S/C25H29N5O4S/c1-17(2)15-30(21-7-5-6-19(14-21)25(26)29-32)16-24(31)28-20-12-10-18(11-13-20)22-8-3-4-9-23(22)35(27,33)34/h3-14,17,32H,15-16H2,1-2H3,(H2,26,29)(H,28,31)(H2,27,33,34). The molecule has 35 heavy (non-hydrogen) atoms. The van der Waals surface area contributed by atoms with Crippen LogP contribution in [0.1, 0.15) is 19.4 Å². The number of carbonyl (C=O) groups is 1. The first-order valence-electron chi connectivity index (χ1n) is 10.9. The minimum absolute atomic E-state index is 0.0350. The molecule has 3 aromatic rings. The quantitative estimate of drug-likeness (QED) is 0.174. The van der Waals surface area contributed by atoms with Crippen molar-refractivity contribution in [2.45, 2.75) is 18.7 Å². The van der Waals surface area contributed by atoms with Gasteiger partial charge in [0.15, 0.2) is 0 Å². The first-order valence-corrected chi connectivity index (χ1v) is 12.5. The highest BCUT2D eigenvalue weighted by molar-refractivity contribution is 7.89. The number of primary sulfonamides is 1. The first kappa shape index (κ1) is 25.9. The van der Waals surface area contributed by atoms with Crippen molar-refractivity contribution >= 4 is 33.1 Å². The Hall–Kier alpha value is -3.73. The fourth-order valence-corrected chi connectivity index (χ4v) is 4.45. The number of benzene rings is 3. The van der Waals surface area contributed by atoms with Gasteiger partial charge in [0, 0.05) is 29.0 Å². The Morgan fingerprint density at radius 2 is 1.74 bits per heavy atom. The maximum absolute atomic E-state index is 12.8. The lowest BCUT2D eigenvalue weighted by atomic mass is 10.1. The maximum Gasteiger partial charge on any atom is 0.243 e. The van der Waals surface area contributed by atoms with Gasteiger partial charge in [-0.3, -0.25) is 20.9 Å². The van der Waals surface area contributed by atoms with Crippen molar-refractivity contribution in [3.63, 3.8) is 0 Å². The van der Waals surface area contributed by atoms with Crippen LogP contribution < -0.4 is 20.8 Å². The highest BCUT2D eigenvalue weighted by atomic mass is 32.2. The molecule has 0 heterocycles. The lowest BCUT2D eigenvalue weighted by molar-refractivity contribution is -0.115. The van der Waals surface area contributed by atoms with Crippen LogP contribution in [0.15, 0.2) is 77.7 Å². The van der Waals surface area contributed by atoms with Crippen LogP contribution in [0.3, 0.4) is 0 Å². The van der Waals surface area contributed by atoms with Crippen LogP contribution in [0.25, 0.3) is 11.1 Å². The topological polar surface area (TPSA) is 149 Å². The number of hydroxylamine groups is 1. The summed E-state index contributed by atoms with van der Waals surface area (Å²) in [6.07, 6.45) is 0. The molecule has 0 aliphatic rings. The molecule has 1 amide bonds. The van der Waals surface area contributed by atoms with Gasteiger partial charge in [-0.25, -0.2) is 13.6 Å². The van der Waals surface area contributed by atoms with Crippen LogP contribution in [0.5, 0.6) is 0 Å². The number of anilines is 2. The van der Waals surface area contributed by atoms with Gasteiger partial charge in [-0.2, -0.15) is 0 Å². The summed E-state index contributed by atoms with van der Waals surface area (Å²) in [5.74, 6) is -0.0888.